The fourth-order valence-electron chi connectivity index (χ4n) is 2.19. The molecule has 0 spiro atoms. The molecule has 6 heteroatoms. The molecule has 1 aromatic carbocycles. The Morgan fingerprint density at radius 2 is 2.14 bits per heavy atom. The molecule has 0 atom stereocenters. The van der Waals surface area contributed by atoms with E-state index in [1.165, 1.54) is 0 Å². The molecule has 3 rings (SSSR count). The van der Waals surface area contributed by atoms with E-state index < -0.39 is 11.5 Å². The number of benzene rings is 1. The van der Waals surface area contributed by atoms with Gasteiger partial charge in [0.25, 0.3) is 5.91 Å². The van der Waals surface area contributed by atoms with E-state index in [0.717, 1.165) is 11.8 Å². The third-order valence-corrected chi connectivity index (χ3v) is 3.29. The molecule has 22 heavy (non-hydrogen) atoms. The number of hydrogen-bond acceptors (Lipinski definition) is 4. The standard InChI is InChI=1S/C16H15N3O3/c20-15(17-7-3-9-19-10-4-8-18-19)13-11-12-5-1-2-6-14(12)22-16(13)21/h1-2,4-6,8,10-11H,3,7,9H2,(H,17,20). The normalized spacial score (nSPS) is 10.7. The van der Waals surface area contributed by atoms with Crippen LogP contribution in [0.2, 0.25) is 0 Å². The Morgan fingerprint density at radius 1 is 1.27 bits per heavy atom. The van der Waals surface area contributed by atoms with Crippen molar-refractivity contribution in [3.8, 4) is 0 Å². The summed E-state index contributed by atoms with van der Waals surface area (Å²) in [4.78, 5) is 23.9. The van der Waals surface area contributed by atoms with Crippen LogP contribution < -0.4 is 10.9 Å². The zero-order valence-corrected chi connectivity index (χ0v) is 11.9. The fraction of sp³-hybridized carbons (Fsp3) is 0.188. The predicted molar refractivity (Wildman–Crippen MR) is 81.7 cm³/mol. The molecule has 1 N–H and O–H groups in total. The van der Waals surface area contributed by atoms with Gasteiger partial charge in [-0.3, -0.25) is 9.48 Å². The average molecular weight is 297 g/mol. The second-order valence-corrected chi connectivity index (χ2v) is 4.86. The van der Waals surface area contributed by atoms with Gasteiger partial charge in [-0.1, -0.05) is 18.2 Å². The number of nitrogens with one attached hydrogen (secondary N) is 1. The zero-order chi connectivity index (χ0) is 15.4. The summed E-state index contributed by atoms with van der Waals surface area (Å²) in [6.07, 6.45) is 4.30. The van der Waals surface area contributed by atoms with Gasteiger partial charge in [0.2, 0.25) is 0 Å². The SMILES string of the molecule is O=C(NCCCn1cccn1)c1cc2ccccc2oc1=O. The van der Waals surface area contributed by atoms with E-state index in [4.69, 9.17) is 4.42 Å². The molecule has 1 amide bonds. The summed E-state index contributed by atoms with van der Waals surface area (Å²) in [5, 5.41) is 7.53. The van der Waals surface area contributed by atoms with Crippen LogP contribution in [0.1, 0.15) is 16.8 Å². The summed E-state index contributed by atoms with van der Waals surface area (Å²) in [7, 11) is 0. The zero-order valence-electron chi connectivity index (χ0n) is 11.9. The molecular weight excluding hydrogens is 282 g/mol. The first kappa shape index (κ1) is 14.1. The van der Waals surface area contributed by atoms with Crippen LogP contribution in [0.5, 0.6) is 0 Å². The number of aryl methyl sites for hydroxylation is 1. The van der Waals surface area contributed by atoms with E-state index in [0.29, 0.717) is 18.7 Å². The molecule has 2 heterocycles. The second kappa shape index (κ2) is 6.26. The molecule has 112 valence electrons. The lowest BCUT2D eigenvalue weighted by atomic mass is 10.2. The highest BCUT2D eigenvalue weighted by Crippen LogP contribution is 2.12. The van der Waals surface area contributed by atoms with Gasteiger partial charge in [-0.15, -0.1) is 0 Å². The maximum Gasteiger partial charge on any atom is 0.349 e. The molecule has 0 aliphatic heterocycles. The van der Waals surface area contributed by atoms with Crippen LogP contribution in [-0.4, -0.2) is 22.2 Å². The largest absolute Gasteiger partial charge is 0.422 e. The van der Waals surface area contributed by atoms with E-state index in [1.54, 1.807) is 35.1 Å². The van der Waals surface area contributed by atoms with Crippen molar-refractivity contribution < 1.29 is 9.21 Å². The van der Waals surface area contributed by atoms with Crippen molar-refractivity contribution in [3.05, 3.63) is 64.8 Å². The van der Waals surface area contributed by atoms with Gasteiger partial charge in [0.05, 0.1) is 0 Å². The monoisotopic (exact) mass is 297 g/mol. The highest BCUT2D eigenvalue weighted by Gasteiger charge is 2.12. The smallest absolute Gasteiger partial charge is 0.349 e. The molecule has 0 saturated heterocycles. The first-order chi connectivity index (χ1) is 10.7. The van der Waals surface area contributed by atoms with E-state index >= 15 is 0 Å². The van der Waals surface area contributed by atoms with Crippen molar-refractivity contribution in [2.45, 2.75) is 13.0 Å². The quantitative estimate of drug-likeness (QED) is 0.575. The maximum absolute atomic E-state index is 12.1. The van der Waals surface area contributed by atoms with Crippen LogP contribution in [-0.2, 0) is 6.54 Å². The van der Waals surface area contributed by atoms with Gasteiger partial charge in [0.1, 0.15) is 11.1 Å². The van der Waals surface area contributed by atoms with Crippen molar-refractivity contribution in [1.82, 2.24) is 15.1 Å². The van der Waals surface area contributed by atoms with Crippen molar-refractivity contribution in [1.29, 1.82) is 0 Å². The van der Waals surface area contributed by atoms with Crippen LogP contribution in [0, 0.1) is 0 Å². The summed E-state index contributed by atoms with van der Waals surface area (Å²) >= 11 is 0. The van der Waals surface area contributed by atoms with Crippen molar-refractivity contribution in [2.75, 3.05) is 6.54 Å². The molecule has 0 fully saturated rings. The Kier molecular flexibility index (Phi) is 4.00. The van der Waals surface area contributed by atoms with Gasteiger partial charge in [0, 0.05) is 30.9 Å². The minimum Gasteiger partial charge on any atom is -0.422 e. The summed E-state index contributed by atoms with van der Waals surface area (Å²) in [6, 6.07) is 10.5. The molecule has 2 aromatic heterocycles. The number of amides is 1. The van der Waals surface area contributed by atoms with Gasteiger partial charge in [-0.25, -0.2) is 4.79 Å². The number of aromatic nitrogens is 2. The summed E-state index contributed by atoms with van der Waals surface area (Å²) in [6.45, 7) is 1.17. The lowest BCUT2D eigenvalue weighted by Gasteiger charge is -2.05. The van der Waals surface area contributed by atoms with E-state index in [9.17, 15) is 9.59 Å². The van der Waals surface area contributed by atoms with Crippen LogP contribution in [0.25, 0.3) is 11.0 Å². The number of hydrogen-bond donors (Lipinski definition) is 1. The van der Waals surface area contributed by atoms with Gasteiger partial charge >= 0.3 is 5.63 Å². The van der Waals surface area contributed by atoms with Crippen LogP contribution in [0.3, 0.4) is 0 Å². The molecule has 0 radical (unpaired) electrons. The molecule has 0 saturated carbocycles. The van der Waals surface area contributed by atoms with Crippen LogP contribution in [0.15, 0.2) is 58.0 Å². The maximum atomic E-state index is 12.1. The third-order valence-electron chi connectivity index (χ3n) is 3.29. The minimum absolute atomic E-state index is 0.0257. The van der Waals surface area contributed by atoms with Gasteiger partial charge in [-0.05, 0) is 24.6 Å². The fourth-order valence-corrected chi connectivity index (χ4v) is 2.19. The minimum atomic E-state index is -0.622. The molecule has 0 aliphatic rings. The van der Waals surface area contributed by atoms with Crippen molar-refractivity contribution in [2.24, 2.45) is 0 Å². The van der Waals surface area contributed by atoms with Gasteiger partial charge < -0.3 is 9.73 Å². The number of carbonyl (C=O) groups excluding carboxylic acids is 1. The molecule has 0 bridgehead atoms. The molecule has 0 aliphatic carbocycles. The highest BCUT2D eigenvalue weighted by atomic mass is 16.4. The second-order valence-electron chi connectivity index (χ2n) is 4.86. The predicted octanol–water partition coefficient (Wildman–Crippen LogP) is 1.81. The highest BCUT2D eigenvalue weighted by molar-refractivity contribution is 5.96. The number of fused-ring (bicyclic) bond motifs is 1. The first-order valence-electron chi connectivity index (χ1n) is 7.02. The molecule has 6 nitrogen and oxygen atoms in total. The van der Waals surface area contributed by atoms with E-state index in [-0.39, 0.29) is 5.56 Å². The van der Waals surface area contributed by atoms with Gasteiger partial charge in [0.15, 0.2) is 0 Å². The Bertz CT molecular complexity index is 837. The Balaban J connectivity index is 1.64. The van der Waals surface area contributed by atoms with Crippen LogP contribution in [0.4, 0.5) is 0 Å². The molecule has 0 unspecified atom stereocenters. The summed E-state index contributed by atoms with van der Waals surface area (Å²) in [5.74, 6) is -0.417. The Hall–Kier alpha value is -2.89. The Morgan fingerprint density at radius 3 is 2.95 bits per heavy atom. The van der Waals surface area contributed by atoms with E-state index in [2.05, 4.69) is 10.4 Å². The third kappa shape index (κ3) is 3.06. The lowest BCUT2D eigenvalue weighted by molar-refractivity contribution is 0.0949. The van der Waals surface area contributed by atoms with E-state index in [1.807, 2.05) is 18.3 Å². The summed E-state index contributed by atoms with van der Waals surface area (Å²) < 4.78 is 6.94. The number of nitrogens with zero attached hydrogens (tertiary/aromatic N) is 2. The molecular formula is C16H15N3O3. The first-order valence-corrected chi connectivity index (χ1v) is 7.02. The molecule has 3 aromatic rings. The summed E-state index contributed by atoms with van der Waals surface area (Å²) in [5.41, 5.74) is -0.121. The topological polar surface area (TPSA) is 77.1 Å². The van der Waals surface area contributed by atoms with Gasteiger partial charge in [-0.2, -0.15) is 5.10 Å². The number of para-hydroxylation sites is 1. The number of carbonyl (C=O) groups is 1. The van der Waals surface area contributed by atoms with Crippen LogP contribution >= 0.6 is 0 Å². The Labute approximate surface area is 126 Å². The number of rotatable bonds is 5. The van der Waals surface area contributed by atoms with Crippen molar-refractivity contribution >= 4 is 16.9 Å². The average Bonchev–Trinajstić information content (AvgIpc) is 3.04. The lowest BCUT2D eigenvalue weighted by Crippen LogP contribution is -2.29. The van der Waals surface area contributed by atoms with Crippen molar-refractivity contribution in [3.63, 3.8) is 0 Å².